The van der Waals surface area contributed by atoms with Crippen molar-refractivity contribution < 1.29 is 13.6 Å². The van der Waals surface area contributed by atoms with Crippen LogP contribution in [0.25, 0.3) is 11.0 Å². The van der Waals surface area contributed by atoms with Gasteiger partial charge in [0.2, 0.25) is 0 Å². The lowest BCUT2D eigenvalue weighted by atomic mass is 10.1. The van der Waals surface area contributed by atoms with Gasteiger partial charge in [-0.05, 0) is 18.2 Å². The van der Waals surface area contributed by atoms with Gasteiger partial charge in [-0.3, -0.25) is 9.69 Å². The Morgan fingerprint density at radius 1 is 1.20 bits per heavy atom. The molecule has 1 aliphatic rings. The van der Waals surface area contributed by atoms with Crippen molar-refractivity contribution in [3.8, 4) is 5.88 Å². The van der Waals surface area contributed by atoms with Crippen molar-refractivity contribution in [2.24, 2.45) is 0 Å². The van der Waals surface area contributed by atoms with Crippen molar-refractivity contribution in [3.63, 3.8) is 0 Å². The Hall–Kier alpha value is -3.27. The number of rotatable bonds is 5. The summed E-state index contributed by atoms with van der Waals surface area (Å²) in [6, 6.07) is 6.84. The van der Waals surface area contributed by atoms with E-state index in [0.29, 0.717) is 22.7 Å². The minimum absolute atomic E-state index is 0.0842. The molecule has 1 N–H and O–H groups in total. The number of methoxy groups -OCH3 is 1. The number of nitrogens with one attached hydrogen (secondary N) is 1. The average Bonchev–Trinajstić information content (AvgIpc) is 2.76. The summed E-state index contributed by atoms with van der Waals surface area (Å²) in [6.45, 7) is 3.39. The van der Waals surface area contributed by atoms with Crippen molar-refractivity contribution in [1.82, 2.24) is 19.9 Å². The molecule has 0 unspecified atom stereocenters. The average molecular weight is 416 g/mol. The Balaban J connectivity index is 1.44. The molecule has 3 aromatic rings. The van der Waals surface area contributed by atoms with Gasteiger partial charge in [0.15, 0.2) is 11.6 Å². The SMILES string of the molecule is COc1nc2ccc(CN3CCN(c4ccc(N(C)F)nc4)CC3)c(F)c2[nH]c1=O. The number of piperazine rings is 1. The van der Waals surface area contributed by atoms with E-state index in [1.807, 2.05) is 6.07 Å². The summed E-state index contributed by atoms with van der Waals surface area (Å²) in [6.07, 6.45) is 1.65. The van der Waals surface area contributed by atoms with E-state index in [0.717, 1.165) is 31.9 Å². The standard InChI is InChI=1S/C20H22F2N6O2/c1-26(22)16-6-4-14(11-23-16)28-9-7-27(8-10-28)12-13-3-5-15-18(17(13)21)25-19(29)20(24-15)30-2/h3-6,11H,7-10,12H2,1-2H3,(H,25,29). The minimum atomic E-state index is -0.562. The van der Waals surface area contributed by atoms with Crippen LogP contribution in [0.5, 0.6) is 5.88 Å². The van der Waals surface area contributed by atoms with Crippen LogP contribution in [0.15, 0.2) is 35.3 Å². The van der Waals surface area contributed by atoms with Gasteiger partial charge in [-0.25, -0.2) is 14.4 Å². The van der Waals surface area contributed by atoms with Crippen molar-refractivity contribution in [2.75, 3.05) is 50.4 Å². The fourth-order valence-electron chi connectivity index (χ4n) is 3.56. The van der Waals surface area contributed by atoms with E-state index < -0.39 is 11.4 Å². The molecule has 0 amide bonds. The summed E-state index contributed by atoms with van der Waals surface area (Å²) in [5.74, 6) is -0.307. The molecule has 4 rings (SSSR count). The topological polar surface area (TPSA) is 77.6 Å². The fraction of sp³-hybridized carbons (Fsp3) is 0.350. The number of hydrogen-bond acceptors (Lipinski definition) is 7. The van der Waals surface area contributed by atoms with Crippen LogP contribution in [0.4, 0.5) is 20.4 Å². The van der Waals surface area contributed by atoms with Crippen LogP contribution in [0, 0.1) is 5.82 Å². The lowest BCUT2D eigenvalue weighted by molar-refractivity contribution is 0.247. The maximum atomic E-state index is 15.0. The monoisotopic (exact) mass is 416 g/mol. The number of ether oxygens (including phenoxy) is 1. The van der Waals surface area contributed by atoms with E-state index in [4.69, 9.17) is 4.74 Å². The van der Waals surface area contributed by atoms with Crippen LogP contribution >= 0.6 is 0 Å². The summed E-state index contributed by atoms with van der Waals surface area (Å²) in [5.41, 5.74) is 1.28. The quantitative estimate of drug-likeness (QED) is 0.639. The second-order valence-corrected chi connectivity index (χ2v) is 7.12. The second kappa shape index (κ2) is 8.23. The lowest BCUT2D eigenvalue weighted by Gasteiger charge is -2.36. The number of nitrogens with zero attached hydrogens (tertiary/aromatic N) is 5. The molecule has 1 aliphatic heterocycles. The molecule has 0 bridgehead atoms. The number of H-pyrrole nitrogens is 1. The molecule has 3 heterocycles. The first kappa shape index (κ1) is 20.0. The smallest absolute Gasteiger partial charge is 0.311 e. The number of aromatic nitrogens is 3. The molecule has 1 aromatic carbocycles. The van der Waals surface area contributed by atoms with Crippen LogP contribution in [-0.2, 0) is 6.54 Å². The molecule has 10 heteroatoms. The zero-order valence-corrected chi connectivity index (χ0v) is 16.7. The van der Waals surface area contributed by atoms with Crippen LogP contribution in [0.2, 0.25) is 0 Å². The Morgan fingerprint density at radius 2 is 1.97 bits per heavy atom. The fourth-order valence-corrected chi connectivity index (χ4v) is 3.56. The molecule has 158 valence electrons. The van der Waals surface area contributed by atoms with Crippen LogP contribution in [0.3, 0.4) is 0 Å². The highest BCUT2D eigenvalue weighted by Gasteiger charge is 2.20. The molecule has 0 aliphatic carbocycles. The van der Waals surface area contributed by atoms with Gasteiger partial charge in [-0.15, -0.1) is 0 Å². The van der Waals surface area contributed by atoms with Gasteiger partial charge in [-0.1, -0.05) is 10.5 Å². The van der Waals surface area contributed by atoms with Gasteiger partial charge < -0.3 is 14.6 Å². The number of fused-ring (bicyclic) bond motifs is 1. The highest BCUT2D eigenvalue weighted by Crippen LogP contribution is 2.22. The van der Waals surface area contributed by atoms with E-state index in [2.05, 4.69) is 24.8 Å². The summed E-state index contributed by atoms with van der Waals surface area (Å²) in [5, 5.41) is 0.471. The maximum absolute atomic E-state index is 15.0. The molecule has 30 heavy (non-hydrogen) atoms. The predicted molar refractivity (Wildman–Crippen MR) is 110 cm³/mol. The van der Waals surface area contributed by atoms with Gasteiger partial charge in [0.05, 0.1) is 24.5 Å². The van der Waals surface area contributed by atoms with Gasteiger partial charge in [0.1, 0.15) is 5.52 Å². The second-order valence-electron chi connectivity index (χ2n) is 7.12. The number of anilines is 2. The summed E-state index contributed by atoms with van der Waals surface area (Å²) >= 11 is 0. The van der Waals surface area contributed by atoms with E-state index in [-0.39, 0.29) is 17.2 Å². The lowest BCUT2D eigenvalue weighted by Crippen LogP contribution is -2.46. The van der Waals surface area contributed by atoms with E-state index in [9.17, 15) is 13.7 Å². The molecule has 0 saturated carbocycles. The van der Waals surface area contributed by atoms with Crippen LogP contribution in [0.1, 0.15) is 5.56 Å². The van der Waals surface area contributed by atoms with Crippen LogP contribution < -0.4 is 20.3 Å². The van der Waals surface area contributed by atoms with Crippen LogP contribution in [-0.4, -0.2) is 60.2 Å². The highest BCUT2D eigenvalue weighted by atomic mass is 19.2. The van der Waals surface area contributed by atoms with E-state index in [1.54, 1.807) is 24.4 Å². The molecule has 0 radical (unpaired) electrons. The first-order chi connectivity index (χ1) is 14.5. The Kier molecular flexibility index (Phi) is 5.49. The van der Waals surface area contributed by atoms with Crippen molar-refractivity contribution >= 4 is 22.5 Å². The number of aromatic amines is 1. The third-order valence-electron chi connectivity index (χ3n) is 5.23. The van der Waals surface area contributed by atoms with E-state index >= 15 is 0 Å². The molecule has 8 nitrogen and oxygen atoms in total. The summed E-state index contributed by atoms with van der Waals surface area (Å²) < 4.78 is 33.0. The molecule has 2 aromatic heterocycles. The number of hydrogen-bond donors (Lipinski definition) is 1. The van der Waals surface area contributed by atoms with Gasteiger partial charge in [0, 0.05) is 45.3 Å². The third-order valence-corrected chi connectivity index (χ3v) is 5.23. The van der Waals surface area contributed by atoms with Crippen molar-refractivity contribution in [1.29, 1.82) is 0 Å². The van der Waals surface area contributed by atoms with Crippen molar-refractivity contribution in [2.45, 2.75) is 6.54 Å². The first-order valence-electron chi connectivity index (χ1n) is 9.54. The Bertz CT molecular complexity index is 1090. The predicted octanol–water partition coefficient (Wildman–Crippen LogP) is 2.11. The maximum Gasteiger partial charge on any atom is 0.311 e. The molecule has 1 fully saturated rings. The molecule has 0 spiro atoms. The van der Waals surface area contributed by atoms with E-state index in [1.165, 1.54) is 14.2 Å². The Morgan fingerprint density at radius 3 is 2.60 bits per heavy atom. The van der Waals surface area contributed by atoms with Gasteiger partial charge in [-0.2, -0.15) is 5.12 Å². The number of benzene rings is 1. The minimum Gasteiger partial charge on any atom is -0.477 e. The molecule has 0 atom stereocenters. The summed E-state index contributed by atoms with van der Waals surface area (Å²) in [7, 11) is 2.65. The zero-order chi connectivity index (χ0) is 21.3. The number of pyridine rings is 1. The molecule has 1 saturated heterocycles. The summed E-state index contributed by atoms with van der Waals surface area (Å²) in [4.78, 5) is 26.9. The zero-order valence-electron chi connectivity index (χ0n) is 16.7. The largest absolute Gasteiger partial charge is 0.477 e. The third kappa shape index (κ3) is 3.90. The first-order valence-corrected chi connectivity index (χ1v) is 9.54. The van der Waals surface area contributed by atoms with Gasteiger partial charge >= 0.3 is 5.56 Å². The molecular formula is C20H22F2N6O2. The van der Waals surface area contributed by atoms with Crippen molar-refractivity contribution in [3.05, 3.63) is 52.2 Å². The van der Waals surface area contributed by atoms with Gasteiger partial charge in [0.25, 0.3) is 5.88 Å². The number of halogens is 2. The normalized spacial score (nSPS) is 14.9. The molecular weight excluding hydrogens is 394 g/mol. The Labute approximate surface area is 171 Å². The highest BCUT2D eigenvalue weighted by molar-refractivity contribution is 5.76.